The zero-order valence-corrected chi connectivity index (χ0v) is 15.1. The first-order valence-electron chi connectivity index (χ1n) is 7.33. The van der Waals surface area contributed by atoms with Gasteiger partial charge in [-0.2, -0.15) is 0 Å². The van der Waals surface area contributed by atoms with E-state index in [1.54, 1.807) is 6.08 Å². The predicted molar refractivity (Wildman–Crippen MR) is 101 cm³/mol. The van der Waals surface area contributed by atoms with Crippen LogP contribution in [0.4, 0.5) is 5.69 Å². The van der Waals surface area contributed by atoms with E-state index in [1.807, 2.05) is 0 Å². The van der Waals surface area contributed by atoms with E-state index in [0.717, 1.165) is 16.7 Å². The zero-order valence-electron chi connectivity index (χ0n) is 13.5. The highest BCUT2D eigenvalue weighted by molar-refractivity contribution is 8.26. The van der Waals surface area contributed by atoms with Crippen molar-refractivity contribution >= 4 is 57.9 Å². The third-order valence-corrected chi connectivity index (χ3v) is 4.78. The molecule has 9 nitrogen and oxygen atoms in total. The Labute approximate surface area is 162 Å². The molecule has 1 aliphatic rings. The van der Waals surface area contributed by atoms with Crippen LogP contribution in [0.1, 0.15) is 12.0 Å². The molecule has 1 atom stereocenters. The molecule has 0 radical (unpaired) electrons. The summed E-state index contributed by atoms with van der Waals surface area (Å²) in [5.41, 5.74) is 0.604. The second kappa shape index (κ2) is 8.56. The van der Waals surface area contributed by atoms with Crippen molar-refractivity contribution in [3.05, 3.63) is 57.0 Å². The molecule has 1 saturated heterocycles. The number of thioether (sulfide) groups is 1. The summed E-state index contributed by atoms with van der Waals surface area (Å²) in [5, 5.41) is 28.6. The smallest absolute Gasteiger partial charge is 0.327 e. The van der Waals surface area contributed by atoms with E-state index in [0.29, 0.717) is 5.56 Å². The second-order valence-corrected chi connectivity index (χ2v) is 6.91. The molecular weight excluding hydrogens is 396 g/mol. The minimum absolute atomic E-state index is 0.0383. The van der Waals surface area contributed by atoms with Crippen LogP contribution >= 0.6 is 24.0 Å². The third-order valence-electron chi connectivity index (χ3n) is 3.43. The summed E-state index contributed by atoms with van der Waals surface area (Å²) in [6, 6.07) is 4.15. The van der Waals surface area contributed by atoms with E-state index in [4.69, 9.17) is 17.3 Å². The number of rotatable bonds is 7. The number of carboxylic acid groups (broad SMARTS) is 2. The molecule has 27 heavy (non-hydrogen) atoms. The molecule has 1 aromatic rings. The molecule has 1 fully saturated rings. The standard InChI is InChI=1S/C16H12N2O7S2/c19-13(20)8-11(15(22)23)17-14(21)12(27-16(17)26)3-1-2-9-4-6-10(7-5-9)18(24)25/h1-7,11H,8H2,(H,19,20)(H,22,23). The zero-order chi connectivity index (χ0) is 20.1. The molecule has 140 valence electrons. The van der Waals surface area contributed by atoms with Gasteiger partial charge in [-0.15, -0.1) is 0 Å². The Morgan fingerprint density at radius 2 is 1.93 bits per heavy atom. The van der Waals surface area contributed by atoms with Gasteiger partial charge in [0, 0.05) is 12.1 Å². The molecule has 1 amide bonds. The number of aliphatic carboxylic acids is 2. The van der Waals surface area contributed by atoms with Gasteiger partial charge in [-0.1, -0.05) is 36.1 Å². The maximum absolute atomic E-state index is 12.4. The van der Waals surface area contributed by atoms with Gasteiger partial charge < -0.3 is 10.2 Å². The lowest BCUT2D eigenvalue weighted by molar-refractivity contribution is -0.384. The molecule has 0 saturated carbocycles. The highest BCUT2D eigenvalue weighted by Gasteiger charge is 2.41. The minimum Gasteiger partial charge on any atom is -0.481 e. The largest absolute Gasteiger partial charge is 0.481 e. The number of amides is 1. The fourth-order valence-corrected chi connectivity index (χ4v) is 3.48. The minimum atomic E-state index is -1.58. The highest BCUT2D eigenvalue weighted by Crippen LogP contribution is 2.33. The SMILES string of the molecule is O=C(O)CC(C(=O)O)N1C(=O)C(=CC=Cc2ccc([N+](=O)[O-])cc2)SC1=S. The van der Waals surface area contributed by atoms with Gasteiger partial charge in [0.25, 0.3) is 11.6 Å². The maximum Gasteiger partial charge on any atom is 0.327 e. The van der Waals surface area contributed by atoms with Crippen molar-refractivity contribution in [3.63, 3.8) is 0 Å². The Kier molecular flexibility index (Phi) is 6.42. The van der Waals surface area contributed by atoms with Crippen molar-refractivity contribution in [2.24, 2.45) is 0 Å². The van der Waals surface area contributed by atoms with Gasteiger partial charge in [-0.25, -0.2) is 4.79 Å². The van der Waals surface area contributed by atoms with Crippen LogP contribution in [0.2, 0.25) is 0 Å². The summed E-state index contributed by atoms with van der Waals surface area (Å²) in [4.78, 5) is 45.5. The van der Waals surface area contributed by atoms with Gasteiger partial charge in [-0.3, -0.25) is 24.6 Å². The van der Waals surface area contributed by atoms with E-state index < -0.39 is 35.2 Å². The van der Waals surface area contributed by atoms with Crippen LogP contribution in [0.15, 0.2) is 41.3 Å². The average molecular weight is 408 g/mol. The van der Waals surface area contributed by atoms with Crippen LogP contribution < -0.4 is 0 Å². The summed E-state index contributed by atoms with van der Waals surface area (Å²) < 4.78 is -0.0383. The number of allylic oxidation sites excluding steroid dienone is 2. The molecular formula is C16H12N2O7S2. The fourth-order valence-electron chi connectivity index (χ4n) is 2.17. The van der Waals surface area contributed by atoms with Crippen molar-refractivity contribution in [1.82, 2.24) is 4.90 Å². The Morgan fingerprint density at radius 3 is 2.44 bits per heavy atom. The van der Waals surface area contributed by atoms with Crippen LogP contribution in [0.5, 0.6) is 0 Å². The molecule has 1 aliphatic heterocycles. The number of nitro benzene ring substituents is 1. The van der Waals surface area contributed by atoms with Crippen molar-refractivity contribution in [2.75, 3.05) is 0 Å². The Hall–Kier alpha value is -3.05. The number of thiocarbonyl (C=S) groups is 1. The second-order valence-electron chi connectivity index (χ2n) is 5.23. The lowest BCUT2D eigenvalue weighted by atomic mass is 10.1. The lowest BCUT2D eigenvalue weighted by Gasteiger charge is -2.21. The van der Waals surface area contributed by atoms with Crippen molar-refractivity contribution < 1.29 is 29.5 Å². The molecule has 1 unspecified atom stereocenters. The molecule has 2 rings (SSSR count). The van der Waals surface area contributed by atoms with Crippen LogP contribution in [-0.4, -0.2) is 48.2 Å². The quantitative estimate of drug-likeness (QED) is 0.301. The number of hydrogen-bond acceptors (Lipinski definition) is 7. The summed E-state index contributed by atoms with van der Waals surface area (Å²) in [5.74, 6) is -3.51. The summed E-state index contributed by atoms with van der Waals surface area (Å²) in [6.07, 6.45) is 3.76. The van der Waals surface area contributed by atoms with E-state index in [1.165, 1.54) is 36.4 Å². The Morgan fingerprint density at radius 1 is 1.30 bits per heavy atom. The third kappa shape index (κ3) is 4.99. The van der Waals surface area contributed by atoms with Crippen molar-refractivity contribution in [2.45, 2.75) is 12.5 Å². The number of hydrogen-bond donors (Lipinski definition) is 2. The number of nitro groups is 1. The van der Waals surface area contributed by atoms with Crippen LogP contribution in [0.3, 0.4) is 0 Å². The predicted octanol–water partition coefficient (Wildman–Crippen LogP) is 2.28. The van der Waals surface area contributed by atoms with E-state index in [9.17, 15) is 29.6 Å². The van der Waals surface area contributed by atoms with Gasteiger partial charge in [0.2, 0.25) is 0 Å². The molecule has 11 heteroatoms. The number of carbonyl (C=O) groups is 3. The van der Waals surface area contributed by atoms with Crippen LogP contribution in [-0.2, 0) is 14.4 Å². The molecule has 2 N–H and O–H groups in total. The van der Waals surface area contributed by atoms with E-state index in [2.05, 4.69) is 0 Å². The van der Waals surface area contributed by atoms with Crippen LogP contribution in [0, 0.1) is 10.1 Å². The van der Waals surface area contributed by atoms with Gasteiger partial charge in [0.15, 0.2) is 0 Å². The number of non-ortho nitro benzene ring substituents is 1. The normalized spacial score (nSPS) is 16.9. The molecule has 0 aliphatic carbocycles. The molecule has 0 bridgehead atoms. The average Bonchev–Trinajstić information content (AvgIpc) is 2.87. The highest BCUT2D eigenvalue weighted by atomic mass is 32.2. The number of carbonyl (C=O) groups excluding carboxylic acids is 1. The Bertz CT molecular complexity index is 877. The number of carboxylic acids is 2. The number of benzene rings is 1. The van der Waals surface area contributed by atoms with Gasteiger partial charge in [0.1, 0.15) is 10.4 Å². The molecule has 1 aromatic carbocycles. The summed E-state index contributed by atoms with van der Waals surface area (Å²) in [6.45, 7) is 0. The summed E-state index contributed by atoms with van der Waals surface area (Å²) in [7, 11) is 0. The first-order valence-corrected chi connectivity index (χ1v) is 8.56. The van der Waals surface area contributed by atoms with Gasteiger partial charge >= 0.3 is 11.9 Å². The molecule has 1 heterocycles. The number of nitrogens with zero attached hydrogens (tertiary/aromatic N) is 2. The van der Waals surface area contributed by atoms with Gasteiger partial charge in [0.05, 0.1) is 16.2 Å². The molecule has 0 spiro atoms. The lowest BCUT2D eigenvalue weighted by Crippen LogP contribution is -2.45. The topological polar surface area (TPSA) is 138 Å². The van der Waals surface area contributed by atoms with Crippen molar-refractivity contribution in [1.29, 1.82) is 0 Å². The van der Waals surface area contributed by atoms with E-state index in [-0.39, 0.29) is 14.9 Å². The summed E-state index contributed by atoms with van der Waals surface area (Å²) >= 11 is 5.88. The van der Waals surface area contributed by atoms with E-state index >= 15 is 0 Å². The van der Waals surface area contributed by atoms with Crippen molar-refractivity contribution in [3.8, 4) is 0 Å². The van der Waals surface area contributed by atoms with Crippen LogP contribution in [0.25, 0.3) is 6.08 Å². The maximum atomic E-state index is 12.4. The first kappa shape index (κ1) is 20.3. The van der Waals surface area contributed by atoms with Gasteiger partial charge in [-0.05, 0) is 23.8 Å². The fraction of sp³-hybridized carbons (Fsp3) is 0.125. The first-order chi connectivity index (χ1) is 12.7. The monoisotopic (exact) mass is 408 g/mol. The molecule has 0 aromatic heterocycles. The Balaban J connectivity index is 2.16.